The van der Waals surface area contributed by atoms with Gasteiger partial charge in [-0.05, 0) is 30.9 Å². The van der Waals surface area contributed by atoms with Gasteiger partial charge in [0.05, 0.1) is 5.56 Å². The molecule has 0 radical (unpaired) electrons. The van der Waals surface area contributed by atoms with Crippen LogP contribution in [-0.4, -0.2) is 24.4 Å². The molecule has 1 saturated carbocycles. The Morgan fingerprint density at radius 1 is 1.26 bits per heavy atom. The van der Waals surface area contributed by atoms with Gasteiger partial charge in [0, 0.05) is 13.6 Å². The van der Waals surface area contributed by atoms with Gasteiger partial charge >= 0.3 is 0 Å². The van der Waals surface area contributed by atoms with Gasteiger partial charge in [-0.2, -0.15) is 0 Å². The Hall–Kier alpha value is -1.45. The molecule has 0 heterocycles. The molecular weight excluding hydrogens is 248 g/mol. The minimum absolute atomic E-state index is 0.182. The van der Waals surface area contributed by atoms with Gasteiger partial charge in [-0.3, -0.25) is 4.79 Å². The number of benzene rings is 1. The quantitative estimate of drug-likeness (QED) is 0.819. The monoisotopic (exact) mass is 267 g/mol. The van der Waals surface area contributed by atoms with Crippen LogP contribution < -0.4 is 0 Å². The molecule has 2 nitrogen and oxygen atoms in total. The molecule has 2 rings (SSSR count). The Morgan fingerprint density at radius 3 is 2.63 bits per heavy atom. The number of rotatable bonds is 3. The summed E-state index contributed by atoms with van der Waals surface area (Å²) in [6, 6.07) is 3.71. The summed E-state index contributed by atoms with van der Waals surface area (Å²) in [5.74, 6) is -1.98. The average molecular weight is 267 g/mol. The summed E-state index contributed by atoms with van der Waals surface area (Å²) >= 11 is 0. The van der Waals surface area contributed by atoms with Gasteiger partial charge in [0.2, 0.25) is 0 Å². The van der Waals surface area contributed by atoms with E-state index in [0.717, 1.165) is 18.9 Å². The summed E-state index contributed by atoms with van der Waals surface area (Å²) in [6.45, 7) is 0.620. The zero-order chi connectivity index (χ0) is 13.8. The molecule has 1 aliphatic rings. The molecule has 0 spiro atoms. The summed E-state index contributed by atoms with van der Waals surface area (Å²) in [7, 11) is 1.65. The lowest BCUT2D eigenvalue weighted by Gasteiger charge is -2.27. The van der Waals surface area contributed by atoms with Crippen LogP contribution in [0.5, 0.6) is 0 Å². The predicted octanol–water partition coefficient (Wildman–Crippen LogP) is 3.62. The minimum Gasteiger partial charge on any atom is -0.341 e. The molecule has 1 aliphatic carbocycles. The first-order chi connectivity index (χ1) is 9.09. The highest BCUT2D eigenvalue weighted by atomic mass is 19.2. The van der Waals surface area contributed by atoms with Crippen LogP contribution in [0.4, 0.5) is 8.78 Å². The Kier molecular flexibility index (Phi) is 4.51. The van der Waals surface area contributed by atoms with Crippen molar-refractivity contribution in [3.05, 3.63) is 35.4 Å². The molecule has 19 heavy (non-hydrogen) atoms. The van der Waals surface area contributed by atoms with Crippen molar-refractivity contribution in [3.63, 3.8) is 0 Å². The Balaban J connectivity index is 2.03. The fourth-order valence-electron chi connectivity index (χ4n) is 2.71. The van der Waals surface area contributed by atoms with Crippen molar-refractivity contribution in [3.8, 4) is 0 Å². The van der Waals surface area contributed by atoms with Gasteiger partial charge in [-0.1, -0.05) is 25.3 Å². The van der Waals surface area contributed by atoms with E-state index < -0.39 is 17.5 Å². The summed E-state index contributed by atoms with van der Waals surface area (Å²) < 4.78 is 26.7. The van der Waals surface area contributed by atoms with Crippen molar-refractivity contribution in [2.45, 2.75) is 32.1 Å². The van der Waals surface area contributed by atoms with Crippen LogP contribution in [0.25, 0.3) is 0 Å². The first-order valence-corrected chi connectivity index (χ1v) is 6.79. The third kappa shape index (κ3) is 3.31. The van der Waals surface area contributed by atoms with Crippen LogP contribution in [-0.2, 0) is 0 Å². The molecule has 1 aromatic rings. The molecule has 1 fully saturated rings. The molecule has 0 aliphatic heterocycles. The summed E-state index contributed by atoms with van der Waals surface area (Å²) in [6.07, 6.45) is 5.88. The maximum atomic E-state index is 13.6. The first kappa shape index (κ1) is 14.0. The average Bonchev–Trinajstić information content (AvgIpc) is 2.42. The Bertz CT molecular complexity index is 455. The molecule has 1 aromatic carbocycles. The van der Waals surface area contributed by atoms with Crippen molar-refractivity contribution < 1.29 is 13.6 Å². The van der Waals surface area contributed by atoms with E-state index in [0.29, 0.717) is 12.5 Å². The van der Waals surface area contributed by atoms with Gasteiger partial charge < -0.3 is 4.90 Å². The van der Waals surface area contributed by atoms with Crippen LogP contribution in [0.3, 0.4) is 0 Å². The number of carbonyl (C=O) groups is 1. The zero-order valence-corrected chi connectivity index (χ0v) is 11.2. The molecule has 104 valence electrons. The molecule has 0 saturated heterocycles. The largest absolute Gasteiger partial charge is 0.341 e. The van der Waals surface area contributed by atoms with E-state index >= 15 is 0 Å². The lowest BCUT2D eigenvalue weighted by Crippen LogP contribution is -2.33. The van der Waals surface area contributed by atoms with Crippen molar-refractivity contribution >= 4 is 5.91 Å². The lowest BCUT2D eigenvalue weighted by molar-refractivity contribution is 0.0755. The minimum atomic E-state index is -1.05. The number of carbonyl (C=O) groups excluding carboxylic acids is 1. The van der Waals surface area contributed by atoms with E-state index in [1.54, 1.807) is 7.05 Å². The zero-order valence-electron chi connectivity index (χ0n) is 11.2. The van der Waals surface area contributed by atoms with E-state index in [1.807, 2.05) is 0 Å². The predicted molar refractivity (Wildman–Crippen MR) is 69.9 cm³/mol. The number of hydrogen-bond acceptors (Lipinski definition) is 1. The maximum absolute atomic E-state index is 13.6. The first-order valence-electron chi connectivity index (χ1n) is 6.79. The number of halogens is 2. The SMILES string of the molecule is CN(CC1CCCCC1)C(=O)c1cccc(F)c1F. The second kappa shape index (κ2) is 6.13. The van der Waals surface area contributed by atoms with Crippen LogP contribution in [0, 0.1) is 17.6 Å². The fraction of sp³-hybridized carbons (Fsp3) is 0.533. The molecule has 0 atom stereocenters. The molecule has 0 unspecified atom stereocenters. The van der Waals surface area contributed by atoms with Crippen LogP contribution in [0.15, 0.2) is 18.2 Å². The second-order valence-corrected chi connectivity index (χ2v) is 5.29. The normalized spacial score (nSPS) is 16.4. The molecule has 0 N–H and O–H groups in total. The highest BCUT2D eigenvalue weighted by molar-refractivity contribution is 5.94. The summed E-state index contributed by atoms with van der Waals surface area (Å²) in [4.78, 5) is 13.6. The topological polar surface area (TPSA) is 20.3 Å². The smallest absolute Gasteiger partial charge is 0.256 e. The maximum Gasteiger partial charge on any atom is 0.256 e. The summed E-state index contributed by atoms with van der Waals surface area (Å²) in [5.41, 5.74) is -0.182. The van der Waals surface area contributed by atoms with E-state index in [9.17, 15) is 13.6 Å². The Morgan fingerprint density at radius 2 is 1.95 bits per heavy atom. The molecule has 4 heteroatoms. The third-order valence-electron chi connectivity index (χ3n) is 3.79. The third-order valence-corrected chi connectivity index (χ3v) is 3.79. The standard InChI is InChI=1S/C15H19F2NO/c1-18(10-11-6-3-2-4-7-11)15(19)12-8-5-9-13(16)14(12)17/h5,8-9,11H,2-4,6-7,10H2,1H3. The van der Waals surface area contributed by atoms with E-state index in [4.69, 9.17) is 0 Å². The van der Waals surface area contributed by atoms with Gasteiger partial charge in [-0.25, -0.2) is 8.78 Å². The van der Waals surface area contributed by atoms with E-state index in [1.165, 1.54) is 36.3 Å². The highest BCUT2D eigenvalue weighted by Gasteiger charge is 2.22. The van der Waals surface area contributed by atoms with Gasteiger partial charge in [0.15, 0.2) is 11.6 Å². The molecule has 0 aromatic heterocycles. The van der Waals surface area contributed by atoms with Crippen molar-refractivity contribution in [1.82, 2.24) is 4.90 Å². The van der Waals surface area contributed by atoms with Crippen molar-refractivity contribution in [1.29, 1.82) is 0 Å². The number of amides is 1. The van der Waals surface area contributed by atoms with E-state index in [2.05, 4.69) is 0 Å². The number of hydrogen-bond donors (Lipinski definition) is 0. The summed E-state index contributed by atoms with van der Waals surface area (Å²) in [5, 5.41) is 0. The van der Waals surface area contributed by atoms with Crippen LogP contribution in [0.2, 0.25) is 0 Å². The van der Waals surface area contributed by atoms with Crippen LogP contribution in [0.1, 0.15) is 42.5 Å². The van der Waals surface area contributed by atoms with Crippen molar-refractivity contribution in [2.75, 3.05) is 13.6 Å². The van der Waals surface area contributed by atoms with Gasteiger partial charge in [0.1, 0.15) is 0 Å². The van der Waals surface area contributed by atoms with Gasteiger partial charge in [-0.15, -0.1) is 0 Å². The fourth-order valence-corrected chi connectivity index (χ4v) is 2.71. The Labute approximate surface area is 112 Å². The van der Waals surface area contributed by atoms with E-state index in [-0.39, 0.29) is 5.56 Å². The lowest BCUT2D eigenvalue weighted by atomic mass is 9.89. The molecule has 0 bridgehead atoms. The molecular formula is C15H19F2NO. The number of nitrogens with zero attached hydrogens (tertiary/aromatic N) is 1. The van der Waals surface area contributed by atoms with Crippen LogP contribution >= 0.6 is 0 Å². The highest BCUT2D eigenvalue weighted by Crippen LogP contribution is 2.24. The van der Waals surface area contributed by atoms with Gasteiger partial charge in [0.25, 0.3) is 5.91 Å². The molecule has 1 amide bonds. The second-order valence-electron chi connectivity index (χ2n) is 5.29. The van der Waals surface area contributed by atoms with Crippen molar-refractivity contribution in [2.24, 2.45) is 5.92 Å².